The van der Waals surface area contributed by atoms with Crippen molar-refractivity contribution in [3.8, 4) is 0 Å². The highest BCUT2D eigenvalue weighted by Crippen LogP contribution is 2.40. The van der Waals surface area contributed by atoms with Crippen molar-refractivity contribution in [2.75, 3.05) is 13.2 Å². The second kappa shape index (κ2) is 11.4. The van der Waals surface area contributed by atoms with Crippen molar-refractivity contribution >= 4 is 29.4 Å². The van der Waals surface area contributed by atoms with E-state index in [9.17, 15) is 37.1 Å². The molecule has 2 heterocycles. The number of nitrogens with one attached hydrogen (secondary N) is 3. The minimum absolute atomic E-state index is 0.0146. The van der Waals surface area contributed by atoms with E-state index in [-0.39, 0.29) is 30.7 Å². The van der Waals surface area contributed by atoms with Crippen LogP contribution in [0.3, 0.4) is 0 Å². The first-order valence-corrected chi connectivity index (χ1v) is 12.6. The average Bonchev–Trinajstić information content (AvgIpc) is 3.38. The molecule has 0 spiro atoms. The highest BCUT2D eigenvalue weighted by Gasteiger charge is 2.49. The van der Waals surface area contributed by atoms with E-state index in [2.05, 4.69) is 20.7 Å². The Hall–Kier alpha value is -2.70. The van der Waals surface area contributed by atoms with Crippen molar-refractivity contribution in [3.63, 3.8) is 0 Å². The van der Waals surface area contributed by atoms with Crippen molar-refractivity contribution in [1.82, 2.24) is 20.9 Å². The van der Waals surface area contributed by atoms with Crippen LogP contribution in [0.4, 0.5) is 13.2 Å². The molecule has 37 heavy (non-hydrogen) atoms. The molecule has 3 N–H and O–H groups in total. The summed E-state index contributed by atoms with van der Waals surface area (Å²) in [5, 5.41) is 7.69. The Morgan fingerprint density at radius 3 is 2.38 bits per heavy atom. The van der Waals surface area contributed by atoms with Crippen LogP contribution in [-0.2, 0) is 28.7 Å². The lowest BCUT2D eigenvalue weighted by atomic mass is 9.84. The van der Waals surface area contributed by atoms with Crippen LogP contribution in [0.5, 0.6) is 0 Å². The van der Waals surface area contributed by atoms with Crippen molar-refractivity contribution in [2.24, 2.45) is 11.8 Å². The maximum Gasteiger partial charge on any atom is 0.522 e. The number of hydrogen-bond donors (Lipinski definition) is 3. The van der Waals surface area contributed by atoms with Gasteiger partial charge < -0.3 is 20.9 Å². The van der Waals surface area contributed by atoms with Crippen LogP contribution in [0.1, 0.15) is 65.7 Å². The highest BCUT2D eigenvalue weighted by molar-refractivity contribution is 6.35. The van der Waals surface area contributed by atoms with Crippen LogP contribution in [0, 0.1) is 11.8 Å². The SMILES string of the molecule is CC(C)(C)NC(=O)C(=O)N1C(C(=O)NC(CC2CCNC2=O)C(=O)COC(F)(F)F)CC2CCCCC21. The van der Waals surface area contributed by atoms with E-state index in [1.165, 1.54) is 4.90 Å². The molecule has 0 aromatic heterocycles. The summed E-state index contributed by atoms with van der Waals surface area (Å²) in [5.74, 6) is -4.53. The number of halogens is 3. The average molecular weight is 533 g/mol. The molecule has 0 bridgehead atoms. The van der Waals surface area contributed by atoms with E-state index >= 15 is 0 Å². The van der Waals surface area contributed by atoms with Crippen LogP contribution in [-0.4, -0.2) is 77.5 Å². The van der Waals surface area contributed by atoms with Gasteiger partial charge in [-0.25, -0.2) is 0 Å². The fourth-order valence-corrected chi connectivity index (χ4v) is 5.44. The summed E-state index contributed by atoms with van der Waals surface area (Å²) in [4.78, 5) is 65.3. The van der Waals surface area contributed by atoms with E-state index in [0.29, 0.717) is 19.4 Å². The Bertz CT molecular complexity index is 919. The largest absolute Gasteiger partial charge is 0.522 e. The van der Waals surface area contributed by atoms with Crippen molar-refractivity contribution < 1.29 is 41.9 Å². The predicted molar refractivity (Wildman–Crippen MR) is 124 cm³/mol. The summed E-state index contributed by atoms with van der Waals surface area (Å²) < 4.78 is 41.3. The molecule has 13 heteroatoms. The molecule has 1 aliphatic carbocycles. The molecule has 3 aliphatic rings. The Kier molecular flexibility index (Phi) is 8.86. The van der Waals surface area contributed by atoms with E-state index in [4.69, 9.17) is 0 Å². The number of nitrogens with zero attached hydrogens (tertiary/aromatic N) is 1. The number of fused-ring (bicyclic) bond motifs is 1. The number of ether oxygens (including phenoxy) is 1. The summed E-state index contributed by atoms with van der Waals surface area (Å²) in [5.41, 5.74) is -0.686. The van der Waals surface area contributed by atoms with Gasteiger partial charge in [0.1, 0.15) is 12.6 Å². The molecular formula is C24H35F3N4O6. The van der Waals surface area contributed by atoms with Gasteiger partial charge in [0.25, 0.3) is 0 Å². The molecule has 0 aromatic carbocycles. The van der Waals surface area contributed by atoms with E-state index in [0.717, 1.165) is 19.3 Å². The number of Topliss-reactive ketones (excluding diaryl/α,β-unsaturated/α-hetero) is 1. The van der Waals surface area contributed by atoms with Gasteiger partial charge in [-0.1, -0.05) is 12.8 Å². The fourth-order valence-electron chi connectivity index (χ4n) is 5.44. The number of hydrogen-bond acceptors (Lipinski definition) is 6. The normalized spacial score (nSPS) is 26.8. The third-order valence-electron chi connectivity index (χ3n) is 7.07. The number of carbonyl (C=O) groups excluding carboxylic acids is 5. The molecular weight excluding hydrogens is 497 g/mol. The number of amides is 4. The topological polar surface area (TPSA) is 134 Å². The van der Waals surface area contributed by atoms with Gasteiger partial charge in [0, 0.05) is 24.0 Å². The van der Waals surface area contributed by atoms with Crippen LogP contribution in [0.25, 0.3) is 0 Å². The van der Waals surface area contributed by atoms with Gasteiger partial charge in [-0.3, -0.25) is 28.7 Å². The minimum atomic E-state index is -5.04. The van der Waals surface area contributed by atoms with E-state index in [1.807, 2.05) is 0 Å². The monoisotopic (exact) mass is 532 g/mol. The highest BCUT2D eigenvalue weighted by atomic mass is 19.4. The van der Waals surface area contributed by atoms with Gasteiger partial charge in [0.05, 0.1) is 6.04 Å². The van der Waals surface area contributed by atoms with Crippen LogP contribution in [0.2, 0.25) is 0 Å². The summed E-state index contributed by atoms with van der Waals surface area (Å²) in [6.07, 6.45) is -1.48. The molecule has 3 rings (SSSR count). The summed E-state index contributed by atoms with van der Waals surface area (Å²) in [7, 11) is 0. The van der Waals surface area contributed by atoms with Gasteiger partial charge in [0.15, 0.2) is 5.78 Å². The minimum Gasteiger partial charge on any atom is -0.356 e. The molecule has 10 nitrogen and oxygen atoms in total. The lowest BCUT2D eigenvalue weighted by molar-refractivity contribution is -0.321. The Balaban J connectivity index is 1.80. The number of rotatable bonds is 7. The first kappa shape index (κ1) is 28.9. The predicted octanol–water partition coefficient (Wildman–Crippen LogP) is 1.18. The van der Waals surface area contributed by atoms with Gasteiger partial charge in [-0.2, -0.15) is 0 Å². The lowest BCUT2D eigenvalue weighted by Crippen LogP contribution is -2.57. The van der Waals surface area contributed by atoms with Gasteiger partial charge in [-0.05, 0) is 58.8 Å². The molecule has 2 saturated heterocycles. The van der Waals surface area contributed by atoms with Crippen molar-refractivity contribution in [3.05, 3.63) is 0 Å². The molecule has 4 amide bonds. The molecule has 0 radical (unpaired) electrons. The number of carbonyl (C=O) groups is 5. The Labute approximate surface area is 213 Å². The van der Waals surface area contributed by atoms with Gasteiger partial charge in [-0.15, -0.1) is 13.2 Å². The molecule has 5 unspecified atom stereocenters. The quantitative estimate of drug-likeness (QED) is 0.422. The molecule has 3 fully saturated rings. The zero-order valence-corrected chi connectivity index (χ0v) is 21.3. The summed E-state index contributed by atoms with van der Waals surface area (Å²) >= 11 is 0. The van der Waals surface area contributed by atoms with Gasteiger partial charge in [0.2, 0.25) is 11.8 Å². The van der Waals surface area contributed by atoms with Crippen molar-refractivity contribution in [2.45, 2.75) is 95.7 Å². The Morgan fingerprint density at radius 2 is 1.78 bits per heavy atom. The van der Waals surface area contributed by atoms with Crippen molar-refractivity contribution in [1.29, 1.82) is 0 Å². The standard InChI is InChI=1S/C24H35F3N4O6/c1-23(2,3)30-21(35)22(36)31-16-7-5-4-6-13(16)11-17(31)20(34)29-15(10-14-8-9-28-19(14)33)18(32)12-37-24(25,26)27/h13-17H,4-12H2,1-3H3,(H,28,33)(H,29,34)(H,30,35). The maximum absolute atomic E-state index is 13.4. The first-order chi connectivity index (χ1) is 17.2. The molecule has 2 aliphatic heterocycles. The molecule has 0 aromatic rings. The third-order valence-corrected chi connectivity index (χ3v) is 7.07. The van der Waals surface area contributed by atoms with Crippen LogP contribution in [0.15, 0.2) is 0 Å². The molecule has 5 atom stereocenters. The van der Waals surface area contributed by atoms with Crippen LogP contribution < -0.4 is 16.0 Å². The Morgan fingerprint density at radius 1 is 1.11 bits per heavy atom. The maximum atomic E-state index is 13.4. The lowest BCUT2D eigenvalue weighted by Gasteiger charge is -2.34. The van der Waals surface area contributed by atoms with E-state index in [1.54, 1.807) is 20.8 Å². The van der Waals surface area contributed by atoms with Gasteiger partial charge >= 0.3 is 18.2 Å². The number of alkyl halides is 3. The van der Waals surface area contributed by atoms with E-state index < -0.39 is 60.0 Å². The third kappa shape index (κ3) is 7.65. The second-order valence-corrected chi connectivity index (χ2v) is 11.1. The summed E-state index contributed by atoms with van der Waals surface area (Å²) in [6, 6.07) is -2.82. The number of likely N-dealkylation sites (tertiary alicyclic amines) is 1. The number of ketones is 1. The zero-order chi connectivity index (χ0) is 27.5. The van der Waals surface area contributed by atoms with Crippen LogP contribution >= 0.6 is 0 Å². The first-order valence-electron chi connectivity index (χ1n) is 12.6. The summed E-state index contributed by atoms with van der Waals surface area (Å²) in [6.45, 7) is 4.18. The molecule has 1 saturated carbocycles. The smallest absolute Gasteiger partial charge is 0.356 e. The fraction of sp³-hybridized carbons (Fsp3) is 0.792. The second-order valence-electron chi connectivity index (χ2n) is 11.1. The zero-order valence-electron chi connectivity index (χ0n) is 21.3. The molecule has 208 valence electrons.